The van der Waals surface area contributed by atoms with Crippen molar-refractivity contribution >= 4 is 17.9 Å². The van der Waals surface area contributed by atoms with E-state index in [-0.39, 0.29) is 17.9 Å². The fraction of sp³-hybridized carbons (Fsp3) is 0.824. The predicted octanol–water partition coefficient (Wildman–Crippen LogP) is 1.31. The molecule has 0 aromatic heterocycles. The molecule has 3 N–H and O–H groups in total. The third kappa shape index (κ3) is 4.19. The number of nitrogens with zero attached hydrogens (tertiary/aromatic N) is 2. The van der Waals surface area contributed by atoms with Gasteiger partial charge in [-0.3, -0.25) is 15.1 Å². The fourth-order valence-corrected chi connectivity index (χ4v) is 3.39. The maximum Gasteiger partial charge on any atom is 0.322 e. The Morgan fingerprint density at radius 2 is 1.96 bits per heavy atom. The standard InChI is InChI=1S/C17H31N5O2/c1-16(2,3)8-9-19-14(18-5)22-10-6-12(7-11-22)17(4)13(23)20-15(24)21-17/h12H,6-11H2,1-5H3,(H,18,19)(H2,20,21,23,24). The zero-order valence-corrected chi connectivity index (χ0v) is 15.5. The monoisotopic (exact) mass is 337 g/mol. The van der Waals surface area contributed by atoms with Crippen LogP contribution in [0.3, 0.4) is 0 Å². The number of urea groups is 1. The zero-order valence-electron chi connectivity index (χ0n) is 15.5. The van der Waals surface area contributed by atoms with Gasteiger partial charge in [0.05, 0.1) is 0 Å². The first-order valence-corrected chi connectivity index (χ1v) is 8.75. The Labute approximate surface area is 144 Å². The van der Waals surface area contributed by atoms with E-state index in [1.54, 1.807) is 7.05 Å². The van der Waals surface area contributed by atoms with Gasteiger partial charge in [0.15, 0.2) is 5.96 Å². The van der Waals surface area contributed by atoms with E-state index in [2.05, 4.69) is 46.6 Å². The molecule has 0 saturated carbocycles. The average Bonchev–Trinajstić information content (AvgIpc) is 2.76. The molecule has 7 nitrogen and oxygen atoms in total. The first-order chi connectivity index (χ1) is 11.2. The van der Waals surface area contributed by atoms with Crippen molar-refractivity contribution in [3.8, 4) is 0 Å². The van der Waals surface area contributed by atoms with Gasteiger partial charge < -0.3 is 15.5 Å². The number of carbonyl (C=O) groups excluding carboxylic acids is 2. The maximum atomic E-state index is 12.1. The molecule has 2 heterocycles. The lowest BCUT2D eigenvalue weighted by atomic mass is 9.79. The zero-order chi connectivity index (χ0) is 18.0. The van der Waals surface area contributed by atoms with Crippen LogP contribution in [0.15, 0.2) is 4.99 Å². The third-order valence-electron chi connectivity index (χ3n) is 5.05. The number of carbonyl (C=O) groups is 2. The van der Waals surface area contributed by atoms with Gasteiger partial charge in [0.1, 0.15) is 5.54 Å². The molecule has 3 amide bonds. The van der Waals surface area contributed by atoms with Crippen LogP contribution in [0.25, 0.3) is 0 Å². The van der Waals surface area contributed by atoms with E-state index in [1.165, 1.54) is 0 Å². The minimum absolute atomic E-state index is 0.146. The first kappa shape index (κ1) is 18.5. The van der Waals surface area contributed by atoms with Gasteiger partial charge in [-0.15, -0.1) is 0 Å². The molecule has 1 unspecified atom stereocenters. The van der Waals surface area contributed by atoms with Gasteiger partial charge in [-0.1, -0.05) is 20.8 Å². The number of piperidine rings is 1. The number of aliphatic imine (C=N–C) groups is 1. The van der Waals surface area contributed by atoms with E-state index in [0.717, 1.165) is 44.9 Å². The van der Waals surface area contributed by atoms with Crippen molar-refractivity contribution in [1.29, 1.82) is 0 Å². The summed E-state index contributed by atoms with van der Waals surface area (Å²) in [6, 6.07) is -0.385. The van der Waals surface area contributed by atoms with Gasteiger partial charge in [-0.05, 0) is 37.5 Å². The van der Waals surface area contributed by atoms with Crippen molar-refractivity contribution in [2.24, 2.45) is 16.3 Å². The SMILES string of the molecule is CN=C(NCCC(C)(C)C)N1CCC(C2(C)NC(=O)NC2=O)CC1. The molecule has 2 saturated heterocycles. The summed E-state index contributed by atoms with van der Waals surface area (Å²) in [6.07, 6.45) is 2.78. The van der Waals surface area contributed by atoms with E-state index >= 15 is 0 Å². The van der Waals surface area contributed by atoms with Gasteiger partial charge >= 0.3 is 6.03 Å². The van der Waals surface area contributed by atoms with Crippen molar-refractivity contribution in [3.05, 3.63) is 0 Å². The summed E-state index contributed by atoms with van der Waals surface area (Å²) >= 11 is 0. The Morgan fingerprint density at radius 3 is 2.42 bits per heavy atom. The molecule has 7 heteroatoms. The first-order valence-electron chi connectivity index (χ1n) is 8.75. The molecule has 0 aromatic rings. The molecular weight excluding hydrogens is 306 g/mol. The Balaban J connectivity index is 1.87. The molecule has 2 aliphatic heterocycles. The van der Waals surface area contributed by atoms with E-state index in [0.29, 0.717) is 5.41 Å². The van der Waals surface area contributed by atoms with Crippen LogP contribution in [0.5, 0.6) is 0 Å². The van der Waals surface area contributed by atoms with Gasteiger partial charge in [-0.2, -0.15) is 0 Å². The van der Waals surface area contributed by atoms with Crippen molar-refractivity contribution in [1.82, 2.24) is 20.9 Å². The molecule has 0 radical (unpaired) electrons. The van der Waals surface area contributed by atoms with Crippen molar-refractivity contribution in [3.63, 3.8) is 0 Å². The number of likely N-dealkylation sites (tertiary alicyclic amines) is 1. The van der Waals surface area contributed by atoms with Crippen LogP contribution in [0.4, 0.5) is 4.79 Å². The van der Waals surface area contributed by atoms with E-state index in [9.17, 15) is 9.59 Å². The minimum Gasteiger partial charge on any atom is -0.356 e. The summed E-state index contributed by atoms with van der Waals surface area (Å²) in [6.45, 7) is 11.1. The van der Waals surface area contributed by atoms with E-state index in [1.807, 2.05) is 6.92 Å². The summed E-state index contributed by atoms with van der Waals surface area (Å²) < 4.78 is 0. The molecule has 1 atom stereocenters. The summed E-state index contributed by atoms with van der Waals surface area (Å²) in [5.74, 6) is 0.856. The Hall–Kier alpha value is -1.79. The Bertz CT molecular complexity index is 518. The highest BCUT2D eigenvalue weighted by molar-refractivity contribution is 6.07. The van der Waals surface area contributed by atoms with Crippen LogP contribution in [-0.4, -0.2) is 55.0 Å². The molecule has 0 bridgehead atoms. The molecule has 0 aliphatic carbocycles. The number of hydrogen-bond acceptors (Lipinski definition) is 3. The fourth-order valence-electron chi connectivity index (χ4n) is 3.39. The van der Waals surface area contributed by atoms with Crippen LogP contribution in [-0.2, 0) is 4.79 Å². The van der Waals surface area contributed by atoms with Crippen LogP contribution >= 0.6 is 0 Å². The molecule has 2 rings (SSSR count). The lowest BCUT2D eigenvalue weighted by Gasteiger charge is -2.39. The highest BCUT2D eigenvalue weighted by atomic mass is 16.2. The van der Waals surface area contributed by atoms with Crippen molar-refractivity contribution < 1.29 is 9.59 Å². The third-order valence-corrected chi connectivity index (χ3v) is 5.05. The van der Waals surface area contributed by atoms with Crippen molar-refractivity contribution in [2.45, 2.75) is 52.5 Å². The number of hydrogen-bond donors (Lipinski definition) is 3. The second kappa shape index (κ2) is 6.99. The lowest BCUT2D eigenvalue weighted by molar-refractivity contribution is -0.125. The van der Waals surface area contributed by atoms with Crippen LogP contribution < -0.4 is 16.0 Å². The summed E-state index contributed by atoms with van der Waals surface area (Å²) in [7, 11) is 1.80. The topological polar surface area (TPSA) is 85.8 Å². The average molecular weight is 337 g/mol. The van der Waals surface area contributed by atoms with Gasteiger partial charge in [-0.25, -0.2) is 4.79 Å². The van der Waals surface area contributed by atoms with Crippen molar-refractivity contribution in [2.75, 3.05) is 26.7 Å². The second-order valence-electron chi connectivity index (χ2n) is 8.16. The van der Waals surface area contributed by atoms with Gasteiger partial charge in [0.2, 0.25) is 0 Å². The molecule has 2 aliphatic rings. The summed E-state index contributed by atoms with van der Waals surface area (Å²) in [5.41, 5.74) is -0.492. The number of guanidine groups is 1. The summed E-state index contributed by atoms with van der Waals surface area (Å²) in [4.78, 5) is 30.1. The molecular formula is C17H31N5O2. The minimum atomic E-state index is -0.785. The smallest absolute Gasteiger partial charge is 0.322 e. The quantitative estimate of drug-likeness (QED) is 0.412. The van der Waals surface area contributed by atoms with E-state index in [4.69, 9.17) is 0 Å². The van der Waals surface area contributed by atoms with Gasteiger partial charge in [0, 0.05) is 26.7 Å². The number of amides is 3. The second-order valence-corrected chi connectivity index (χ2v) is 8.16. The van der Waals surface area contributed by atoms with Crippen LogP contribution in [0.1, 0.15) is 47.0 Å². The molecule has 136 valence electrons. The number of imide groups is 1. The normalized spacial score (nSPS) is 26.4. The van der Waals surface area contributed by atoms with Crippen LogP contribution in [0.2, 0.25) is 0 Å². The summed E-state index contributed by atoms with van der Waals surface area (Å²) in [5, 5.41) is 8.58. The highest BCUT2D eigenvalue weighted by Gasteiger charge is 2.48. The number of nitrogens with one attached hydrogen (secondary N) is 3. The molecule has 0 spiro atoms. The van der Waals surface area contributed by atoms with Gasteiger partial charge in [0.25, 0.3) is 5.91 Å². The predicted molar refractivity (Wildman–Crippen MR) is 94.8 cm³/mol. The van der Waals surface area contributed by atoms with Crippen LogP contribution in [0, 0.1) is 11.3 Å². The Kier molecular flexibility index (Phi) is 5.40. The number of rotatable bonds is 3. The van der Waals surface area contributed by atoms with E-state index < -0.39 is 5.54 Å². The molecule has 0 aromatic carbocycles. The lowest BCUT2D eigenvalue weighted by Crippen LogP contribution is -2.55. The molecule has 2 fully saturated rings. The molecule has 24 heavy (non-hydrogen) atoms. The highest BCUT2D eigenvalue weighted by Crippen LogP contribution is 2.30. The largest absolute Gasteiger partial charge is 0.356 e. The Morgan fingerprint density at radius 1 is 1.33 bits per heavy atom. The maximum absolute atomic E-state index is 12.1.